The Kier molecular flexibility index (Phi) is 3.91. The van der Waals surface area contributed by atoms with Gasteiger partial charge in [-0.3, -0.25) is 4.68 Å². The maximum atomic E-state index is 13.4. The first-order valence-electron chi connectivity index (χ1n) is 5.77. The van der Waals surface area contributed by atoms with Crippen LogP contribution in [0.25, 0.3) is 0 Å². The van der Waals surface area contributed by atoms with E-state index in [-0.39, 0.29) is 5.56 Å². The number of hydrogen-bond donors (Lipinski definition) is 2. The molecule has 2 rings (SSSR count). The Hall–Kier alpha value is -2.21. The molecule has 0 atom stereocenters. The number of carboxylic acids is 1. The Balaban J connectivity index is 1.95. The van der Waals surface area contributed by atoms with Gasteiger partial charge >= 0.3 is 5.97 Å². The van der Waals surface area contributed by atoms with Crippen molar-refractivity contribution in [2.45, 2.75) is 13.1 Å². The van der Waals surface area contributed by atoms with E-state index in [0.717, 1.165) is 5.69 Å². The number of benzene rings is 1. The van der Waals surface area contributed by atoms with E-state index in [4.69, 9.17) is 5.11 Å². The van der Waals surface area contributed by atoms with Crippen molar-refractivity contribution in [1.82, 2.24) is 15.1 Å². The summed E-state index contributed by atoms with van der Waals surface area (Å²) in [7, 11) is 1.85. The van der Waals surface area contributed by atoms with Crippen LogP contribution >= 0.6 is 0 Å². The highest BCUT2D eigenvalue weighted by Crippen LogP contribution is 2.10. The second-order valence-electron chi connectivity index (χ2n) is 4.17. The largest absolute Gasteiger partial charge is 0.478 e. The Morgan fingerprint density at radius 2 is 2.21 bits per heavy atom. The number of nitrogens with one attached hydrogen (secondary N) is 1. The molecule has 0 aliphatic rings. The minimum absolute atomic E-state index is 0.310. The number of aryl methyl sites for hydroxylation is 1. The SMILES string of the molecule is Cn1nccc1CNCc1ccc(C(=O)O)c(F)c1. The molecule has 19 heavy (non-hydrogen) atoms. The Morgan fingerprint density at radius 1 is 1.42 bits per heavy atom. The quantitative estimate of drug-likeness (QED) is 0.858. The highest BCUT2D eigenvalue weighted by atomic mass is 19.1. The first kappa shape index (κ1) is 13.2. The van der Waals surface area contributed by atoms with Gasteiger partial charge in [-0.1, -0.05) is 6.07 Å². The van der Waals surface area contributed by atoms with Crippen LogP contribution in [-0.4, -0.2) is 20.9 Å². The zero-order chi connectivity index (χ0) is 13.8. The molecule has 0 unspecified atom stereocenters. The lowest BCUT2D eigenvalue weighted by Gasteiger charge is -2.06. The summed E-state index contributed by atoms with van der Waals surface area (Å²) in [4.78, 5) is 10.7. The normalized spacial score (nSPS) is 10.6. The van der Waals surface area contributed by atoms with E-state index in [1.807, 2.05) is 13.1 Å². The first-order chi connectivity index (χ1) is 9.08. The molecular weight excluding hydrogens is 249 g/mol. The monoisotopic (exact) mass is 263 g/mol. The van der Waals surface area contributed by atoms with E-state index in [2.05, 4.69) is 10.4 Å². The fourth-order valence-corrected chi connectivity index (χ4v) is 1.75. The van der Waals surface area contributed by atoms with Crippen molar-refractivity contribution in [2.75, 3.05) is 0 Å². The van der Waals surface area contributed by atoms with Crippen LogP contribution in [0.4, 0.5) is 4.39 Å². The van der Waals surface area contributed by atoms with Crippen molar-refractivity contribution in [3.63, 3.8) is 0 Å². The highest BCUT2D eigenvalue weighted by molar-refractivity contribution is 5.87. The molecule has 1 heterocycles. The molecule has 0 radical (unpaired) electrons. The van der Waals surface area contributed by atoms with E-state index >= 15 is 0 Å². The molecule has 0 saturated carbocycles. The Morgan fingerprint density at radius 3 is 2.79 bits per heavy atom. The molecule has 0 amide bonds. The second-order valence-corrected chi connectivity index (χ2v) is 4.17. The van der Waals surface area contributed by atoms with Gasteiger partial charge in [0.1, 0.15) is 5.82 Å². The minimum Gasteiger partial charge on any atom is -0.478 e. The lowest BCUT2D eigenvalue weighted by molar-refractivity contribution is 0.0692. The molecule has 0 aliphatic carbocycles. The van der Waals surface area contributed by atoms with Crippen LogP contribution in [0.15, 0.2) is 30.5 Å². The number of carboxylic acid groups (broad SMARTS) is 1. The van der Waals surface area contributed by atoms with Gasteiger partial charge in [0.2, 0.25) is 0 Å². The van der Waals surface area contributed by atoms with Crippen molar-refractivity contribution in [2.24, 2.45) is 7.05 Å². The molecule has 0 bridgehead atoms. The van der Waals surface area contributed by atoms with Crippen LogP contribution in [-0.2, 0) is 20.1 Å². The summed E-state index contributed by atoms with van der Waals surface area (Å²) in [5.41, 5.74) is 1.41. The van der Waals surface area contributed by atoms with Crippen LogP contribution < -0.4 is 5.32 Å². The predicted octanol–water partition coefficient (Wildman–Crippen LogP) is 1.55. The number of aromatic nitrogens is 2. The van der Waals surface area contributed by atoms with E-state index in [9.17, 15) is 9.18 Å². The summed E-state index contributed by atoms with van der Waals surface area (Å²) in [5.74, 6) is -1.97. The van der Waals surface area contributed by atoms with Gasteiger partial charge in [-0.25, -0.2) is 9.18 Å². The number of hydrogen-bond acceptors (Lipinski definition) is 3. The van der Waals surface area contributed by atoms with Gasteiger partial charge < -0.3 is 10.4 Å². The van der Waals surface area contributed by atoms with Crippen LogP contribution in [0.5, 0.6) is 0 Å². The molecule has 2 aromatic rings. The summed E-state index contributed by atoms with van der Waals surface area (Å²) in [5, 5.41) is 15.9. The first-order valence-corrected chi connectivity index (χ1v) is 5.77. The molecule has 0 spiro atoms. The van der Waals surface area contributed by atoms with Gasteiger partial charge in [-0.05, 0) is 23.8 Å². The third kappa shape index (κ3) is 3.17. The van der Waals surface area contributed by atoms with E-state index in [1.165, 1.54) is 12.1 Å². The molecule has 0 saturated heterocycles. The molecule has 1 aromatic heterocycles. The van der Waals surface area contributed by atoms with Crippen molar-refractivity contribution in [1.29, 1.82) is 0 Å². The standard InChI is InChI=1S/C13H14FN3O2/c1-17-10(4-5-16-17)8-15-7-9-2-3-11(13(18)19)12(14)6-9/h2-6,15H,7-8H2,1H3,(H,18,19). The minimum atomic E-state index is -1.26. The van der Waals surface area contributed by atoms with Crippen molar-refractivity contribution < 1.29 is 14.3 Å². The number of rotatable bonds is 5. The Labute approximate surface area is 109 Å². The zero-order valence-electron chi connectivity index (χ0n) is 10.4. The molecule has 0 fully saturated rings. The van der Waals surface area contributed by atoms with E-state index in [1.54, 1.807) is 16.9 Å². The van der Waals surface area contributed by atoms with Gasteiger partial charge in [0, 0.05) is 26.3 Å². The van der Waals surface area contributed by atoms with Crippen molar-refractivity contribution >= 4 is 5.97 Å². The lowest BCUT2D eigenvalue weighted by atomic mass is 10.1. The van der Waals surface area contributed by atoms with Crippen molar-refractivity contribution in [3.8, 4) is 0 Å². The average Bonchev–Trinajstić information content (AvgIpc) is 2.75. The number of halogens is 1. The van der Waals surface area contributed by atoms with Crippen LogP contribution in [0.1, 0.15) is 21.6 Å². The summed E-state index contributed by atoms with van der Waals surface area (Å²) < 4.78 is 15.2. The van der Waals surface area contributed by atoms with Crippen LogP contribution in [0.3, 0.4) is 0 Å². The average molecular weight is 263 g/mol. The molecule has 1 aromatic carbocycles. The fraction of sp³-hybridized carbons (Fsp3) is 0.231. The Bertz CT molecular complexity index is 595. The zero-order valence-corrected chi connectivity index (χ0v) is 10.4. The molecule has 0 aliphatic heterocycles. The number of nitrogens with zero attached hydrogens (tertiary/aromatic N) is 2. The number of carbonyl (C=O) groups is 1. The molecule has 6 heteroatoms. The molecule has 2 N–H and O–H groups in total. The molecule has 5 nitrogen and oxygen atoms in total. The predicted molar refractivity (Wildman–Crippen MR) is 67.1 cm³/mol. The highest BCUT2D eigenvalue weighted by Gasteiger charge is 2.10. The van der Waals surface area contributed by atoms with Crippen LogP contribution in [0.2, 0.25) is 0 Å². The maximum Gasteiger partial charge on any atom is 0.338 e. The van der Waals surface area contributed by atoms with Gasteiger partial charge in [-0.2, -0.15) is 5.10 Å². The third-order valence-corrected chi connectivity index (χ3v) is 2.82. The van der Waals surface area contributed by atoms with Crippen molar-refractivity contribution in [3.05, 3.63) is 53.1 Å². The van der Waals surface area contributed by atoms with Crippen LogP contribution in [0, 0.1) is 5.82 Å². The molecular formula is C13H14FN3O2. The second kappa shape index (κ2) is 5.62. The van der Waals surface area contributed by atoms with Gasteiger partial charge in [-0.15, -0.1) is 0 Å². The summed E-state index contributed by atoms with van der Waals surface area (Å²) in [6.07, 6.45) is 1.71. The summed E-state index contributed by atoms with van der Waals surface area (Å²) in [6, 6.07) is 6.00. The number of aromatic carboxylic acids is 1. The third-order valence-electron chi connectivity index (χ3n) is 2.82. The summed E-state index contributed by atoms with van der Waals surface area (Å²) >= 11 is 0. The van der Waals surface area contributed by atoms with Gasteiger partial charge in [0.25, 0.3) is 0 Å². The van der Waals surface area contributed by atoms with E-state index in [0.29, 0.717) is 18.7 Å². The topological polar surface area (TPSA) is 67.2 Å². The maximum absolute atomic E-state index is 13.4. The fourth-order valence-electron chi connectivity index (χ4n) is 1.75. The molecule has 100 valence electrons. The smallest absolute Gasteiger partial charge is 0.338 e. The lowest BCUT2D eigenvalue weighted by Crippen LogP contribution is -2.15. The van der Waals surface area contributed by atoms with E-state index < -0.39 is 11.8 Å². The summed E-state index contributed by atoms with van der Waals surface area (Å²) in [6.45, 7) is 1.07. The van der Waals surface area contributed by atoms with Gasteiger partial charge in [0.05, 0.1) is 11.3 Å². The van der Waals surface area contributed by atoms with Gasteiger partial charge in [0.15, 0.2) is 0 Å².